The molecule has 5 heteroatoms. The van der Waals surface area contributed by atoms with Crippen molar-refractivity contribution in [3.63, 3.8) is 0 Å². The molecular weight excluding hydrogens is 236 g/mol. The van der Waals surface area contributed by atoms with Crippen molar-refractivity contribution in [1.29, 1.82) is 0 Å². The molecule has 18 heavy (non-hydrogen) atoms. The van der Waals surface area contributed by atoms with Crippen LogP contribution in [0.4, 0.5) is 8.78 Å². The van der Waals surface area contributed by atoms with Crippen molar-refractivity contribution in [2.75, 3.05) is 6.54 Å². The molecule has 2 rings (SSSR count). The smallest absolute Gasteiger partial charge is 0.259 e. The Morgan fingerprint density at radius 2 is 1.94 bits per heavy atom. The molecule has 0 bridgehead atoms. The van der Waals surface area contributed by atoms with E-state index in [1.165, 1.54) is 6.20 Å². The van der Waals surface area contributed by atoms with Crippen LogP contribution in [0.2, 0.25) is 0 Å². The molecule has 0 aliphatic rings. The molecule has 0 spiro atoms. The standard InChI is InChI=1S/C13H15F2N3/c1-2-16-12(13(14)15)11-8-9-17-18(11)10-6-4-3-5-7-10/h3-9,12-13,16H,2H2,1H3. The molecule has 1 aromatic carbocycles. The van der Waals surface area contributed by atoms with Gasteiger partial charge in [-0.15, -0.1) is 0 Å². The molecule has 0 aliphatic carbocycles. The molecule has 2 aromatic rings. The quantitative estimate of drug-likeness (QED) is 0.885. The van der Waals surface area contributed by atoms with Crippen molar-refractivity contribution in [2.45, 2.75) is 19.4 Å². The van der Waals surface area contributed by atoms with Crippen molar-refractivity contribution >= 4 is 0 Å². The number of aromatic nitrogens is 2. The van der Waals surface area contributed by atoms with E-state index >= 15 is 0 Å². The third-order valence-electron chi connectivity index (χ3n) is 2.67. The van der Waals surface area contributed by atoms with Crippen LogP contribution in [-0.4, -0.2) is 22.8 Å². The second-order valence-corrected chi connectivity index (χ2v) is 3.87. The Kier molecular flexibility index (Phi) is 4.04. The highest BCUT2D eigenvalue weighted by Crippen LogP contribution is 2.22. The number of hydrogen-bond donors (Lipinski definition) is 1. The average molecular weight is 251 g/mol. The molecule has 0 radical (unpaired) electrons. The number of halogens is 2. The van der Waals surface area contributed by atoms with E-state index < -0.39 is 12.5 Å². The van der Waals surface area contributed by atoms with Gasteiger partial charge in [-0.2, -0.15) is 5.10 Å². The van der Waals surface area contributed by atoms with Crippen LogP contribution in [-0.2, 0) is 0 Å². The van der Waals surface area contributed by atoms with Gasteiger partial charge in [0.2, 0.25) is 0 Å². The fourth-order valence-electron chi connectivity index (χ4n) is 1.88. The summed E-state index contributed by atoms with van der Waals surface area (Å²) in [5, 5.41) is 6.90. The minimum atomic E-state index is -2.47. The molecule has 0 saturated carbocycles. The molecule has 0 saturated heterocycles. The first-order valence-electron chi connectivity index (χ1n) is 5.85. The zero-order chi connectivity index (χ0) is 13.0. The Morgan fingerprint density at radius 3 is 2.56 bits per heavy atom. The van der Waals surface area contributed by atoms with Crippen LogP contribution in [0.1, 0.15) is 18.7 Å². The summed E-state index contributed by atoms with van der Waals surface area (Å²) < 4.78 is 27.6. The van der Waals surface area contributed by atoms with Gasteiger partial charge in [-0.3, -0.25) is 0 Å². The Hall–Kier alpha value is -1.75. The summed E-state index contributed by atoms with van der Waals surface area (Å²) in [6.07, 6.45) is -0.932. The lowest BCUT2D eigenvalue weighted by molar-refractivity contribution is 0.0963. The van der Waals surface area contributed by atoms with Crippen LogP contribution in [0.15, 0.2) is 42.6 Å². The second-order valence-electron chi connectivity index (χ2n) is 3.87. The number of nitrogens with zero attached hydrogens (tertiary/aromatic N) is 2. The van der Waals surface area contributed by atoms with Crippen molar-refractivity contribution in [3.8, 4) is 5.69 Å². The first-order valence-corrected chi connectivity index (χ1v) is 5.85. The normalized spacial score (nSPS) is 12.9. The van der Waals surface area contributed by atoms with Gasteiger partial charge in [-0.25, -0.2) is 13.5 Å². The first kappa shape index (κ1) is 12.7. The van der Waals surface area contributed by atoms with Crippen LogP contribution >= 0.6 is 0 Å². The molecule has 1 heterocycles. The van der Waals surface area contributed by atoms with Crippen LogP contribution in [0.3, 0.4) is 0 Å². The number of nitrogens with one attached hydrogen (secondary N) is 1. The molecule has 3 nitrogen and oxygen atoms in total. The Morgan fingerprint density at radius 1 is 1.22 bits per heavy atom. The predicted octanol–water partition coefficient (Wildman–Crippen LogP) is 2.79. The van der Waals surface area contributed by atoms with E-state index in [4.69, 9.17) is 0 Å². The monoisotopic (exact) mass is 251 g/mol. The fourth-order valence-corrected chi connectivity index (χ4v) is 1.88. The van der Waals surface area contributed by atoms with Crippen LogP contribution in [0.5, 0.6) is 0 Å². The lowest BCUT2D eigenvalue weighted by Crippen LogP contribution is -2.29. The molecule has 0 amide bonds. The second kappa shape index (κ2) is 5.73. The summed E-state index contributed by atoms with van der Waals surface area (Å²) in [4.78, 5) is 0. The Balaban J connectivity index is 2.37. The number of benzene rings is 1. The maximum atomic E-state index is 13.0. The number of hydrogen-bond acceptors (Lipinski definition) is 2. The number of alkyl halides is 2. The number of para-hydroxylation sites is 1. The highest BCUT2D eigenvalue weighted by Gasteiger charge is 2.25. The summed E-state index contributed by atoms with van der Waals surface area (Å²) >= 11 is 0. The van der Waals surface area contributed by atoms with Crippen molar-refractivity contribution < 1.29 is 8.78 Å². The van der Waals surface area contributed by atoms with Gasteiger partial charge in [0, 0.05) is 6.20 Å². The first-order chi connectivity index (χ1) is 8.74. The van der Waals surface area contributed by atoms with E-state index in [2.05, 4.69) is 10.4 Å². The topological polar surface area (TPSA) is 29.9 Å². The van der Waals surface area contributed by atoms with Crippen LogP contribution in [0, 0.1) is 0 Å². The molecule has 0 fully saturated rings. The Bertz CT molecular complexity index is 482. The van der Waals surface area contributed by atoms with E-state index in [-0.39, 0.29) is 0 Å². The highest BCUT2D eigenvalue weighted by atomic mass is 19.3. The average Bonchev–Trinajstić information content (AvgIpc) is 2.85. The van der Waals surface area contributed by atoms with Gasteiger partial charge in [0.15, 0.2) is 0 Å². The molecule has 1 atom stereocenters. The van der Waals surface area contributed by atoms with E-state index in [1.807, 2.05) is 30.3 Å². The largest absolute Gasteiger partial charge is 0.304 e. The summed E-state index contributed by atoms with van der Waals surface area (Å²) in [5.74, 6) is 0. The molecule has 0 aliphatic heterocycles. The van der Waals surface area contributed by atoms with Gasteiger partial charge in [0.1, 0.15) is 6.04 Å². The molecular formula is C13H15F2N3. The molecule has 96 valence electrons. The summed E-state index contributed by atoms with van der Waals surface area (Å²) in [7, 11) is 0. The molecule has 1 N–H and O–H groups in total. The van der Waals surface area contributed by atoms with E-state index in [9.17, 15) is 8.78 Å². The summed E-state index contributed by atoms with van der Waals surface area (Å²) in [6, 6.07) is 9.87. The predicted molar refractivity (Wildman–Crippen MR) is 66.0 cm³/mol. The number of rotatable bonds is 5. The molecule has 1 unspecified atom stereocenters. The minimum absolute atomic E-state index is 0.470. The van der Waals surface area contributed by atoms with Gasteiger partial charge in [-0.05, 0) is 24.7 Å². The third-order valence-corrected chi connectivity index (χ3v) is 2.67. The van der Waals surface area contributed by atoms with Gasteiger partial charge < -0.3 is 5.32 Å². The lowest BCUT2D eigenvalue weighted by Gasteiger charge is -2.18. The van der Waals surface area contributed by atoms with Crippen LogP contribution in [0.25, 0.3) is 5.69 Å². The van der Waals surface area contributed by atoms with E-state index in [0.717, 1.165) is 5.69 Å². The third kappa shape index (κ3) is 2.56. The lowest BCUT2D eigenvalue weighted by atomic mass is 10.2. The maximum absolute atomic E-state index is 13.0. The summed E-state index contributed by atoms with van der Waals surface area (Å²) in [5.41, 5.74) is 1.25. The zero-order valence-electron chi connectivity index (χ0n) is 10.1. The highest BCUT2D eigenvalue weighted by molar-refractivity contribution is 5.33. The summed E-state index contributed by atoms with van der Waals surface area (Å²) in [6.45, 7) is 2.29. The fraction of sp³-hybridized carbons (Fsp3) is 0.308. The minimum Gasteiger partial charge on any atom is -0.304 e. The van der Waals surface area contributed by atoms with Gasteiger partial charge in [-0.1, -0.05) is 25.1 Å². The van der Waals surface area contributed by atoms with E-state index in [0.29, 0.717) is 12.2 Å². The van der Waals surface area contributed by atoms with Crippen molar-refractivity contribution in [2.24, 2.45) is 0 Å². The zero-order valence-corrected chi connectivity index (χ0v) is 10.1. The van der Waals surface area contributed by atoms with Gasteiger partial charge in [0.25, 0.3) is 6.43 Å². The van der Waals surface area contributed by atoms with Gasteiger partial charge >= 0.3 is 0 Å². The van der Waals surface area contributed by atoms with Crippen molar-refractivity contribution in [1.82, 2.24) is 15.1 Å². The SMILES string of the molecule is CCNC(c1ccnn1-c1ccccc1)C(F)F. The van der Waals surface area contributed by atoms with Crippen LogP contribution < -0.4 is 5.32 Å². The molecule has 1 aromatic heterocycles. The van der Waals surface area contributed by atoms with Gasteiger partial charge in [0.05, 0.1) is 11.4 Å². The van der Waals surface area contributed by atoms with E-state index in [1.54, 1.807) is 17.7 Å². The van der Waals surface area contributed by atoms with Crippen molar-refractivity contribution in [3.05, 3.63) is 48.3 Å². The maximum Gasteiger partial charge on any atom is 0.259 e. The Labute approximate surface area is 104 Å².